The van der Waals surface area contributed by atoms with Crippen LogP contribution in [-0.4, -0.2) is 15.0 Å². The molecule has 0 spiro atoms. The van der Waals surface area contributed by atoms with Gasteiger partial charge in [-0.05, 0) is 24.3 Å². The van der Waals surface area contributed by atoms with E-state index in [4.69, 9.17) is 0 Å². The molecule has 3 aromatic heterocycles. The molecule has 0 saturated carbocycles. The molecule has 18 heavy (non-hydrogen) atoms. The van der Waals surface area contributed by atoms with Gasteiger partial charge in [0, 0.05) is 6.20 Å². The van der Waals surface area contributed by atoms with Crippen molar-refractivity contribution in [3.63, 3.8) is 0 Å². The Kier molecular flexibility index (Phi) is 2.37. The first-order valence-corrected chi connectivity index (χ1v) is 5.84. The summed E-state index contributed by atoms with van der Waals surface area (Å²) in [5.41, 5.74) is 1.20. The van der Waals surface area contributed by atoms with Gasteiger partial charge in [-0.2, -0.15) is 13.2 Å². The summed E-state index contributed by atoms with van der Waals surface area (Å²) in [6.07, 6.45) is -2.73. The molecule has 3 heterocycles. The minimum Gasteiger partial charge on any atom is -0.336 e. The van der Waals surface area contributed by atoms with Crippen molar-refractivity contribution in [2.45, 2.75) is 6.18 Å². The van der Waals surface area contributed by atoms with Crippen LogP contribution in [0.5, 0.6) is 0 Å². The predicted octanol–water partition coefficient (Wildman–Crippen LogP) is 3.71. The molecule has 0 radical (unpaired) electrons. The van der Waals surface area contributed by atoms with Crippen LogP contribution in [0.25, 0.3) is 21.9 Å². The average Bonchev–Trinajstić information content (AvgIpc) is 2.94. The molecule has 1 N–H and O–H groups in total. The zero-order valence-corrected chi connectivity index (χ0v) is 9.64. The summed E-state index contributed by atoms with van der Waals surface area (Å²) in [6, 6.07) is 5.97. The van der Waals surface area contributed by atoms with Gasteiger partial charge in [0.05, 0.1) is 10.4 Å². The molecule has 0 aliphatic heterocycles. The van der Waals surface area contributed by atoms with Gasteiger partial charge in [0.25, 0.3) is 0 Å². The molecular weight excluding hydrogens is 263 g/mol. The largest absolute Gasteiger partial charge is 0.425 e. The number of rotatable bonds is 1. The molecule has 3 nitrogen and oxygen atoms in total. The highest BCUT2D eigenvalue weighted by atomic mass is 32.1. The number of pyridine rings is 1. The van der Waals surface area contributed by atoms with E-state index in [1.807, 2.05) is 0 Å². The van der Waals surface area contributed by atoms with Crippen LogP contribution in [0.2, 0.25) is 0 Å². The van der Waals surface area contributed by atoms with Gasteiger partial charge in [0.1, 0.15) is 4.88 Å². The number of alkyl halides is 3. The molecule has 0 amide bonds. The zero-order valence-electron chi connectivity index (χ0n) is 8.82. The van der Waals surface area contributed by atoms with E-state index in [0.717, 1.165) is 6.07 Å². The minimum atomic E-state index is -4.31. The van der Waals surface area contributed by atoms with Gasteiger partial charge in [-0.25, -0.2) is 9.97 Å². The van der Waals surface area contributed by atoms with E-state index in [1.165, 1.54) is 6.07 Å². The first-order chi connectivity index (χ1) is 8.54. The second kappa shape index (κ2) is 3.81. The quantitative estimate of drug-likeness (QED) is 0.731. The number of aromatic amines is 1. The van der Waals surface area contributed by atoms with Crippen molar-refractivity contribution in [3.8, 4) is 10.7 Å². The molecule has 0 atom stereocenters. The van der Waals surface area contributed by atoms with Crippen LogP contribution in [0.15, 0.2) is 30.5 Å². The fraction of sp³-hybridized carbons (Fsp3) is 0.0909. The Labute approximate surface area is 103 Å². The van der Waals surface area contributed by atoms with Crippen molar-refractivity contribution in [1.29, 1.82) is 0 Å². The summed E-state index contributed by atoms with van der Waals surface area (Å²) in [4.78, 5) is 10.9. The SMILES string of the molecule is FC(F)(F)c1ccc(-c2nc3ncccc3[nH]2)s1. The fourth-order valence-corrected chi connectivity index (χ4v) is 2.40. The Balaban J connectivity index is 2.06. The second-order valence-electron chi connectivity index (χ2n) is 3.62. The Bertz CT molecular complexity index is 666. The summed E-state index contributed by atoms with van der Waals surface area (Å²) in [5, 5.41) is 0. The predicted molar refractivity (Wildman–Crippen MR) is 62.2 cm³/mol. The molecule has 0 aliphatic carbocycles. The highest BCUT2D eigenvalue weighted by Crippen LogP contribution is 2.37. The number of nitrogens with one attached hydrogen (secondary N) is 1. The fourth-order valence-electron chi connectivity index (χ4n) is 1.58. The number of aromatic nitrogens is 3. The van der Waals surface area contributed by atoms with Crippen molar-refractivity contribution >= 4 is 22.5 Å². The molecule has 0 aromatic carbocycles. The van der Waals surface area contributed by atoms with Crippen LogP contribution in [0.4, 0.5) is 13.2 Å². The first kappa shape index (κ1) is 11.2. The van der Waals surface area contributed by atoms with Crippen molar-refractivity contribution in [3.05, 3.63) is 35.3 Å². The summed E-state index contributed by atoms with van der Waals surface area (Å²) < 4.78 is 37.5. The number of imidazole rings is 1. The number of hydrogen-bond donors (Lipinski definition) is 1. The summed E-state index contributed by atoms with van der Waals surface area (Å²) in [6.45, 7) is 0. The number of hydrogen-bond acceptors (Lipinski definition) is 3. The average molecular weight is 269 g/mol. The first-order valence-electron chi connectivity index (χ1n) is 5.02. The minimum absolute atomic E-state index is 0.407. The van der Waals surface area contributed by atoms with E-state index < -0.39 is 11.1 Å². The number of H-pyrrole nitrogens is 1. The van der Waals surface area contributed by atoms with Gasteiger partial charge in [-0.15, -0.1) is 11.3 Å². The monoisotopic (exact) mass is 269 g/mol. The smallest absolute Gasteiger partial charge is 0.336 e. The maximum atomic E-state index is 12.5. The molecule has 0 unspecified atom stereocenters. The number of thiophene rings is 1. The number of fused-ring (bicyclic) bond motifs is 1. The molecule has 0 bridgehead atoms. The highest BCUT2D eigenvalue weighted by molar-refractivity contribution is 7.15. The summed E-state index contributed by atoms with van der Waals surface area (Å²) >= 11 is 0.662. The lowest BCUT2D eigenvalue weighted by atomic mass is 10.4. The lowest BCUT2D eigenvalue weighted by Crippen LogP contribution is -2.00. The zero-order chi connectivity index (χ0) is 12.8. The molecule has 0 saturated heterocycles. The number of halogens is 3. The summed E-state index contributed by atoms with van der Waals surface area (Å²) in [7, 11) is 0. The molecule has 92 valence electrons. The highest BCUT2D eigenvalue weighted by Gasteiger charge is 2.32. The van der Waals surface area contributed by atoms with E-state index in [1.54, 1.807) is 18.3 Å². The van der Waals surface area contributed by atoms with E-state index in [-0.39, 0.29) is 0 Å². The van der Waals surface area contributed by atoms with Gasteiger partial charge in [0.2, 0.25) is 0 Å². The van der Waals surface area contributed by atoms with Gasteiger partial charge in [0.15, 0.2) is 11.5 Å². The van der Waals surface area contributed by atoms with Crippen LogP contribution in [0, 0.1) is 0 Å². The maximum absolute atomic E-state index is 12.5. The Morgan fingerprint density at radius 2 is 2.00 bits per heavy atom. The summed E-state index contributed by atoms with van der Waals surface area (Å²) in [5.74, 6) is 0.407. The number of nitrogens with zero attached hydrogens (tertiary/aromatic N) is 2. The lowest BCUT2D eigenvalue weighted by molar-refractivity contribution is -0.134. The molecule has 3 aromatic rings. The van der Waals surface area contributed by atoms with E-state index in [2.05, 4.69) is 15.0 Å². The van der Waals surface area contributed by atoms with Crippen LogP contribution in [-0.2, 0) is 6.18 Å². The normalized spacial score (nSPS) is 12.2. The van der Waals surface area contributed by atoms with Crippen molar-refractivity contribution in [1.82, 2.24) is 15.0 Å². The molecule has 3 rings (SSSR count). The van der Waals surface area contributed by atoms with E-state index in [0.29, 0.717) is 33.2 Å². The molecule has 0 fully saturated rings. The Hall–Kier alpha value is -1.89. The lowest BCUT2D eigenvalue weighted by Gasteiger charge is -2.00. The second-order valence-corrected chi connectivity index (χ2v) is 4.71. The van der Waals surface area contributed by atoms with Crippen molar-refractivity contribution in [2.24, 2.45) is 0 Å². The molecule has 7 heteroatoms. The van der Waals surface area contributed by atoms with E-state index >= 15 is 0 Å². The Morgan fingerprint density at radius 3 is 2.67 bits per heavy atom. The molecule has 0 aliphatic rings. The van der Waals surface area contributed by atoms with Crippen LogP contribution in [0.3, 0.4) is 0 Å². The Morgan fingerprint density at radius 1 is 1.17 bits per heavy atom. The third-order valence-corrected chi connectivity index (χ3v) is 3.51. The van der Waals surface area contributed by atoms with Gasteiger partial charge < -0.3 is 4.98 Å². The molecular formula is C11H6F3N3S. The topological polar surface area (TPSA) is 41.6 Å². The third-order valence-electron chi connectivity index (χ3n) is 2.38. The van der Waals surface area contributed by atoms with E-state index in [9.17, 15) is 13.2 Å². The van der Waals surface area contributed by atoms with Crippen LogP contribution in [0.1, 0.15) is 4.88 Å². The van der Waals surface area contributed by atoms with Crippen molar-refractivity contribution < 1.29 is 13.2 Å². The van der Waals surface area contributed by atoms with Crippen molar-refractivity contribution in [2.75, 3.05) is 0 Å². The van der Waals surface area contributed by atoms with Gasteiger partial charge >= 0.3 is 6.18 Å². The standard InChI is InChI=1S/C11H6F3N3S/c12-11(13,14)8-4-3-7(18-8)10-16-6-2-1-5-15-9(6)17-10/h1-5H,(H,15,16,17). The van der Waals surface area contributed by atoms with Gasteiger partial charge in [-0.3, -0.25) is 0 Å². The van der Waals surface area contributed by atoms with Crippen LogP contribution < -0.4 is 0 Å². The third kappa shape index (κ3) is 1.86. The van der Waals surface area contributed by atoms with Gasteiger partial charge in [-0.1, -0.05) is 0 Å². The maximum Gasteiger partial charge on any atom is 0.425 e. The van der Waals surface area contributed by atoms with Crippen LogP contribution >= 0.6 is 11.3 Å².